The van der Waals surface area contributed by atoms with E-state index in [-0.39, 0.29) is 0 Å². The fourth-order valence-electron chi connectivity index (χ4n) is 3.85. The third-order valence-corrected chi connectivity index (χ3v) is 5.73. The van der Waals surface area contributed by atoms with E-state index < -0.39 is 0 Å². The number of rotatable bonds is 3. The molecule has 130 valence electrons. The number of hydrogen-bond donors (Lipinski definition) is 0. The van der Waals surface area contributed by atoms with Gasteiger partial charge in [-0.25, -0.2) is 0 Å². The van der Waals surface area contributed by atoms with Gasteiger partial charge in [0.15, 0.2) is 0 Å². The lowest BCUT2D eigenvalue weighted by molar-refractivity contribution is 0.309. The Labute approximate surface area is 154 Å². The van der Waals surface area contributed by atoms with Crippen LogP contribution in [0.15, 0.2) is 30.5 Å². The molecule has 0 saturated carbocycles. The van der Waals surface area contributed by atoms with Crippen LogP contribution in [0.5, 0.6) is 0 Å². The molecule has 0 saturated heterocycles. The Morgan fingerprint density at radius 3 is 2.80 bits per heavy atom. The fraction of sp³-hybridized carbons (Fsp3) is 0.381. The second-order valence-electron chi connectivity index (χ2n) is 7.24. The van der Waals surface area contributed by atoms with Gasteiger partial charge in [-0.15, -0.1) is 0 Å². The van der Waals surface area contributed by atoms with Gasteiger partial charge >= 0.3 is 0 Å². The third-order valence-electron chi connectivity index (χ3n) is 5.32. The molecule has 0 radical (unpaired) electrons. The van der Waals surface area contributed by atoms with E-state index in [1.807, 2.05) is 13.1 Å². The summed E-state index contributed by atoms with van der Waals surface area (Å²) in [6.45, 7) is 7.23. The van der Waals surface area contributed by atoms with Crippen molar-refractivity contribution in [2.24, 2.45) is 0 Å². The monoisotopic (exact) mass is 353 g/mol. The number of aryl methyl sites for hydroxylation is 4. The minimum absolute atomic E-state index is 0.864. The molecule has 3 nitrogen and oxygen atoms in total. The van der Waals surface area contributed by atoms with Gasteiger partial charge in [-0.3, -0.25) is 4.98 Å². The Bertz CT molecular complexity index is 925. The van der Waals surface area contributed by atoms with Crippen LogP contribution in [0.25, 0.3) is 10.9 Å². The van der Waals surface area contributed by atoms with Crippen LogP contribution < -0.4 is 0 Å². The molecule has 0 amide bonds. The summed E-state index contributed by atoms with van der Waals surface area (Å²) in [6.07, 6.45) is 4.10. The van der Waals surface area contributed by atoms with E-state index in [0.717, 1.165) is 48.8 Å². The Morgan fingerprint density at radius 2 is 2.04 bits per heavy atom. The zero-order valence-electron chi connectivity index (χ0n) is 15.1. The van der Waals surface area contributed by atoms with Gasteiger partial charge in [0.25, 0.3) is 0 Å². The van der Waals surface area contributed by atoms with Crippen molar-refractivity contribution in [2.45, 2.75) is 39.8 Å². The number of pyridine rings is 1. The Kier molecular flexibility index (Phi) is 4.30. The maximum absolute atomic E-state index is 6.43. The molecule has 25 heavy (non-hydrogen) atoms. The Morgan fingerprint density at radius 1 is 1.20 bits per heavy atom. The van der Waals surface area contributed by atoms with Gasteiger partial charge in [0.2, 0.25) is 0 Å². The lowest BCUT2D eigenvalue weighted by Gasteiger charge is -2.24. The van der Waals surface area contributed by atoms with Gasteiger partial charge in [-0.1, -0.05) is 17.7 Å². The zero-order valence-corrected chi connectivity index (χ0v) is 15.9. The minimum atomic E-state index is 0.864. The lowest BCUT2D eigenvalue weighted by atomic mass is 10.0. The summed E-state index contributed by atoms with van der Waals surface area (Å²) < 4.78 is 2.51. The molecule has 4 rings (SSSR count). The molecule has 1 aliphatic rings. The van der Waals surface area contributed by atoms with Gasteiger partial charge in [0, 0.05) is 59.6 Å². The lowest BCUT2D eigenvalue weighted by Crippen LogP contribution is -2.27. The number of halogens is 1. The van der Waals surface area contributed by atoms with Gasteiger partial charge in [0.1, 0.15) is 0 Å². The first-order valence-corrected chi connectivity index (χ1v) is 9.31. The Hall–Kier alpha value is -1.84. The van der Waals surface area contributed by atoms with Crippen molar-refractivity contribution in [1.82, 2.24) is 14.5 Å². The number of fused-ring (bicyclic) bond motifs is 3. The second kappa shape index (κ2) is 6.47. The average Bonchev–Trinajstić information content (AvgIpc) is 2.87. The fourth-order valence-corrected chi connectivity index (χ4v) is 4.01. The highest BCUT2D eigenvalue weighted by atomic mass is 35.5. The topological polar surface area (TPSA) is 21.1 Å². The van der Waals surface area contributed by atoms with E-state index in [1.54, 1.807) is 0 Å². The Balaban J connectivity index is 1.76. The van der Waals surface area contributed by atoms with Crippen molar-refractivity contribution >= 4 is 22.5 Å². The summed E-state index contributed by atoms with van der Waals surface area (Å²) in [5.41, 5.74) is 7.76. The van der Waals surface area contributed by atoms with Crippen LogP contribution >= 0.6 is 11.6 Å². The van der Waals surface area contributed by atoms with E-state index in [0.29, 0.717) is 0 Å². The first-order valence-electron chi connectivity index (χ1n) is 8.93. The van der Waals surface area contributed by atoms with Crippen LogP contribution in [-0.2, 0) is 25.9 Å². The number of benzene rings is 1. The molecule has 3 heterocycles. The molecule has 0 atom stereocenters. The van der Waals surface area contributed by atoms with Crippen molar-refractivity contribution in [1.29, 1.82) is 0 Å². The van der Waals surface area contributed by atoms with E-state index in [4.69, 9.17) is 11.6 Å². The van der Waals surface area contributed by atoms with Gasteiger partial charge in [0.05, 0.1) is 0 Å². The average molecular weight is 354 g/mol. The maximum atomic E-state index is 6.43. The van der Waals surface area contributed by atoms with E-state index in [2.05, 4.69) is 52.7 Å². The standard InChI is InChI=1S/C21H24ClN3/c1-14-10-21-17(11-19(14)22)18-13-24(3)8-7-20(18)25(21)9-6-16-5-4-15(2)23-12-16/h4-5,10-12H,6-9,13H2,1-3H3. The number of hydrogen-bond acceptors (Lipinski definition) is 2. The van der Waals surface area contributed by atoms with Gasteiger partial charge in [-0.05, 0) is 62.2 Å². The van der Waals surface area contributed by atoms with Crippen LogP contribution in [0.3, 0.4) is 0 Å². The molecule has 1 aliphatic heterocycles. The zero-order chi connectivity index (χ0) is 17.6. The molecule has 4 heteroatoms. The second-order valence-corrected chi connectivity index (χ2v) is 7.65. The molecule has 0 aliphatic carbocycles. The summed E-state index contributed by atoms with van der Waals surface area (Å²) in [7, 11) is 2.19. The third kappa shape index (κ3) is 3.07. The molecular weight excluding hydrogens is 330 g/mol. The summed E-state index contributed by atoms with van der Waals surface area (Å²) in [6, 6.07) is 8.70. The van der Waals surface area contributed by atoms with E-state index >= 15 is 0 Å². The maximum Gasteiger partial charge on any atom is 0.0489 e. The smallest absolute Gasteiger partial charge is 0.0489 e. The highest BCUT2D eigenvalue weighted by Crippen LogP contribution is 2.34. The van der Waals surface area contributed by atoms with Gasteiger partial charge < -0.3 is 9.47 Å². The summed E-state index contributed by atoms with van der Waals surface area (Å²) >= 11 is 6.43. The van der Waals surface area contributed by atoms with Crippen molar-refractivity contribution in [3.63, 3.8) is 0 Å². The normalized spacial score (nSPS) is 14.9. The van der Waals surface area contributed by atoms with Crippen molar-refractivity contribution in [3.05, 3.63) is 63.6 Å². The predicted octanol–water partition coefficient (Wildman–Crippen LogP) is 4.54. The molecule has 0 spiro atoms. The van der Waals surface area contributed by atoms with Crippen molar-refractivity contribution in [2.75, 3.05) is 13.6 Å². The van der Waals surface area contributed by atoms with Crippen molar-refractivity contribution in [3.8, 4) is 0 Å². The highest BCUT2D eigenvalue weighted by molar-refractivity contribution is 6.32. The first kappa shape index (κ1) is 16.6. The minimum Gasteiger partial charge on any atom is -0.344 e. The van der Waals surface area contributed by atoms with Crippen LogP contribution in [0.4, 0.5) is 0 Å². The largest absolute Gasteiger partial charge is 0.344 e. The van der Waals surface area contributed by atoms with E-state index in [9.17, 15) is 0 Å². The molecule has 2 aromatic heterocycles. The quantitative estimate of drug-likeness (QED) is 0.689. The van der Waals surface area contributed by atoms with Crippen LogP contribution in [-0.4, -0.2) is 28.0 Å². The summed E-state index contributed by atoms with van der Waals surface area (Å²) in [5.74, 6) is 0. The number of likely N-dealkylation sites (N-methyl/N-ethyl adjacent to an activating group) is 1. The summed E-state index contributed by atoms with van der Waals surface area (Å²) in [5, 5.41) is 2.18. The number of nitrogens with zero attached hydrogens (tertiary/aromatic N) is 3. The molecular formula is C21H24ClN3. The summed E-state index contributed by atoms with van der Waals surface area (Å²) in [4.78, 5) is 6.82. The highest BCUT2D eigenvalue weighted by Gasteiger charge is 2.22. The van der Waals surface area contributed by atoms with Crippen LogP contribution in [0, 0.1) is 13.8 Å². The van der Waals surface area contributed by atoms with Crippen LogP contribution in [0.2, 0.25) is 5.02 Å². The molecule has 3 aromatic rings. The molecule has 1 aromatic carbocycles. The molecule has 0 fully saturated rings. The van der Waals surface area contributed by atoms with Crippen LogP contribution in [0.1, 0.15) is 28.1 Å². The number of aromatic nitrogens is 2. The van der Waals surface area contributed by atoms with Crippen molar-refractivity contribution < 1.29 is 0 Å². The van der Waals surface area contributed by atoms with E-state index in [1.165, 1.54) is 27.7 Å². The predicted molar refractivity (Wildman–Crippen MR) is 104 cm³/mol. The molecule has 0 N–H and O–H groups in total. The van der Waals surface area contributed by atoms with Gasteiger partial charge in [-0.2, -0.15) is 0 Å². The first-order chi connectivity index (χ1) is 12.0. The molecule has 0 unspecified atom stereocenters. The SMILES string of the molecule is Cc1ccc(CCn2c3c(c4cc(Cl)c(C)cc42)CN(C)CC3)cn1. The molecule has 0 bridgehead atoms.